The lowest BCUT2D eigenvalue weighted by Gasteiger charge is -2.18. The topological polar surface area (TPSA) is 24.5 Å². The van der Waals surface area contributed by atoms with Gasteiger partial charge in [0.2, 0.25) is 0 Å². The molecule has 0 atom stereocenters. The molecule has 0 fully saturated rings. The van der Waals surface area contributed by atoms with Gasteiger partial charge in [0.1, 0.15) is 11.6 Å². The Labute approximate surface area is 115 Å². The van der Waals surface area contributed by atoms with Gasteiger partial charge in [-0.15, -0.1) is 0 Å². The SMILES string of the molecule is CCN(CC)CCCNCc1c(F)cccc1OC. The van der Waals surface area contributed by atoms with E-state index in [0.717, 1.165) is 32.6 Å². The highest BCUT2D eigenvalue weighted by atomic mass is 19.1. The van der Waals surface area contributed by atoms with Crippen molar-refractivity contribution < 1.29 is 9.13 Å². The first kappa shape index (κ1) is 15.9. The molecular formula is C15H25FN2O. The molecule has 0 amide bonds. The average Bonchev–Trinajstić information content (AvgIpc) is 2.44. The molecular weight excluding hydrogens is 243 g/mol. The van der Waals surface area contributed by atoms with Gasteiger partial charge in [0.25, 0.3) is 0 Å². The summed E-state index contributed by atoms with van der Waals surface area (Å²) in [5.74, 6) is 0.395. The number of hydrogen-bond acceptors (Lipinski definition) is 3. The summed E-state index contributed by atoms with van der Waals surface area (Å²) in [6, 6.07) is 4.92. The fourth-order valence-electron chi connectivity index (χ4n) is 2.08. The van der Waals surface area contributed by atoms with Gasteiger partial charge in [0.05, 0.1) is 7.11 Å². The number of nitrogens with one attached hydrogen (secondary N) is 1. The van der Waals surface area contributed by atoms with Crippen LogP contribution in [0.4, 0.5) is 4.39 Å². The molecule has 0 heterocycles. The van der Waals surface area contributed by atoms with Crippen LogP contribution in [0.25, 0.3) is 0 Å². The lowest BCUT2D eigenvalue weighted by Crippen LogP contribution is -2.27. The van der Waals surface area contributed by atoms with Crippen LogP contribution in [-0.4, -0.2) is 38.2 Å². The van der Waals surface area contributed by atoms with Gasteiger partial charge in [-0.1, -0.05) is 19.9 Å². The molecule has 0 aliphatic heterocycles. The van der Waals surface area contributed by atoms with Crippen molar-refractivity contribution in [2.45, 2.75) is 26.8 Å². The third-order valence-electron chi connectivity index (χ3n) is 3.32. The summed E-state index contributed by atoms with van der Waals surface area (Å²) >= 11 is 0. The Bertz CT molecular complexity index is 367. The second-order valence-electron chi connectivity index (χ2n) is 4.48. The molecule has 0 aliphatic rings. The van der Waals surface area contributed by atoms with Crippen LogP contribution in [0.3, 0.4) is 0 Å². The molecule has 1 rings (SSSR count). The van der Waals surface area contributed by atoms with Crippen molar-refractivity contribution in [3.8, 4) is 5.75 Å². The van der Waals surface area contributed by atoms with E-state index in [1.165, 1.54) is 6.07 Å². The molecule has 0 unspecified atom stereocenters. The Kier molecular flexibility index (Phi) is 7.45. The van der Waals surface area contributed by atoms with Crippen molar-refractivity contribution in [2.24, 2.45) is 0 Å². The minimum atomic E-state index is -0.212. The molecule has 0 spiro atoms. The van der Waals surface area contributed by atoms with Crippen molar-refractivity contribution in [1.82, 2.24) is 10.2 Å². The Hall–Kier alpha value is -1.13. The zero-order valence-corrected chi connectivity index (χ0v) is 12.2. The molecule has 0 aromatic heterocycles. The Morgan fingerprint density at radius 3 is 2.63 bits per heavy atom. The second-order valence-corrected chi connectivity index (χ2v) is 4.48. The summed E-state index contributed by atoms with van der Waals surface area (Å²) in [7, 11) is 1.57. The Morgan fingerprint density at radius 2 is 2.00 bits per heavy atom. The largest absolute Gasteiger partial charge is 0.496 e. The molecule has 0 saturated heterocycles. The molecule has 0 saturated carbocycles. The smallest absolute Gasteiger partial charge is 0.131 e. The number of methoxy groups -OCH3 is 1. The van der Waals surface area contributed by atoms with Crippen molar-refractivity contribution in [2.75, 3.05) is 33.3 Å². The minimum Gasteiger partial charge on any atom is -0.496 e. The highest BCUT2D eigenvalue weighted by Gasteiger charge is 2.08. The van der Waals surface area contributed by atoms with Crippen LogP contribution in [0, 0.1) is 5.82 Å². The number of halogens is 1. The van der Waals surface area contributed by atoms with Gasteiger partial charge in [-0.3, -0.25) is 0 Å². The lowest BCUT2D eigenvalue weighted by atomic mass is 10.2. The van der Waals surface area contributed by atoms with Crippen LogP contribution in [0.2, 0.25) is 0 Å². The van der Waals surface area contributed by atoms with E-state index in [-0.39, 0.29) is 5.82 Å². The van der Waals surface area contributed by atoms with E-state index < -0.39 is 0 Å². The summed E-state index contributed by atoms with van der Waals surface area (Å²) in [5, 5.41) is 3.27. The van der Waals surface area contributed by atoms with E-state index in [4.69, 9.17) is 4.74 Å². The standard InChI is InChI=1S/C15H25FN2O/c1-4-18(5-2)11-7-10-17-12-13-14(16)8-6-9-15(13)19-3/h6,8-9,17H,4-5,7,10-12H2,1-3H3. The third-order valence-corrected chi connectivity index (χ3v) is 3.32. The third kappa shape index (κ3) is 5.17. The van der Waals surface area contributed by atoms with Crippen molar-refractivity contribution in [3.05, 3.63) is 29.6 Å². The van der Waals surface area contributed by atoms with Crippen molar-refractivity contribution in [3.63, 3.8) is 0 Å². The Morgan fingerprint density at radius 1 is 1.26 bits per heavy atom. The molecule has 4 heteroatoms. The van der Waals surface area contributed by atoms with Gasteiger partial charge in [0.15, 0.2) is 0 Å². The molecule has 108 valence electrons. The quantitative estimate of drug-likeness (QED) is 0.697. The first-order chi connectivity index (χ1) is 9.22. The maximum absolute atomic E-state index is 13.7. The number of hydrogen-bond donors (Lipinski definition) is 1. The summed E-state index contributed by atoms with van der Waals surface area (Å²) < 4.78 is 18.8. The van der Waals surface area contributed by atoms with Gasteiger partial charge in [-0.25, -0.2) is 4.39 Å². The molecule has 19 heavy (non-hydrogen) atoms. The first-order valence-electron chi connectivity index (χ1n) is 6.97. The van der Waals surface area contributed by atoms with Crippen LogP contribution < -0.4 is 10.1 Å². The molecule has 1 N–H and O–H groups in total. The van der Waals surface area contributed by atoms with Crippen LogP contribution in [-0.2, 0) is 6.54 Å². The molecule has 1 aromatic carbocycles. The number of rotatable bonds is 9. The fourth-order valence-corrected chi connectivity index (χ4v) is 2.08. The summed E-state index contributed by atoms with van der Waals surface area (Å²) in [6.07, 6.45) is 1.07. The molecule has 0 radical (unpaired) electrons. The summed E-state index contributed by atoms with van der Waals surface area (Å²) in [6.45, 7) is 8.97. The van der Waals surface area contributed by atoms with E-state index in [1.54, 1.807) is 19.2 Å². The molecule has 0 aliphatic carbocycles. The van der Waals surface area contributed by atoms with Crippen LogP contribution in [0.5, 0.6) is 5.75 Å². The number of benzene rings is 1. The van der Waals surface area contributed by atoms with Gasteiger partial charge in [-0.05, 0) is 44.7 Å². The highest BCUT2D eigenvalue weighted by Crippen LogP contribution is 2.20. The monoisotopic (exact) mass is 268 g/mol. The lowest BCUT2D eigenvalue weighted by molar-refractivity contribution is 0.297. The maximum Gasteiger partial charge on any atom is 0.131 e. The first-order valence-corrected chi connectivity index (χ1v) is 6.97. The normalized spacial score (nSPS) is 11.0. The van der Waals surface area contributed by atoms with E-state index >= 15 is 0 Å². The van der Waals surface area contributed by atoms with Crippen LogP contribution in [0.15, 0.2) is 18.2 Å². The maximum atomic E-state index is 13.7. The molecule has 1 aromatic rings. The van der Waals surface area contributed by atoms with Crippen LogP contribution >= 0.6 is 0 Å². The van der Waals surface area contributed by atoms with E-state index in [0.29, 0.717) is 17.9 Å². The van der Waals surface area contributed by atoms with Crippen molar-refractivity contribution in [1.29, 1.82) is 0 Å². The Balaban J connectivity index is 2.33. The minimum absolute atomic E-state index is 0.212. The predicted molar refractivity (Wildman–Crippen MR) is 77.1 cm³/mol. The van der Waals surface area contributed by atoms with Gasteiger partial charge in [0, 0.05) is 12.1 Å². The van der Waals surface area contributed by atoms with Crippen molar-refractivity contribution >= 4 is 0 Å². The van der Waals surface area contributed by atoms with Gasteiger partial charge >= 0.3 is 0 Å². The van der Waals surface area contributed by atoms with E-state index in [9.17, 15) is 4.39 Å². The number of nitrogens with zero attached hydrogens (tertiary/aromatic N) is 1. The zero-order chi connectivity index (χ0) is 14.1. The van der Waals surface area contributed by atoms with Gasteiger partial charge < -0.3 is 15.0 Å². The summed E-state index contributed by atoms with van der Waals surface area (Å²) in [5.41, 5.74) is 0.604. The average molecular weight is 268 g/mol. The van der Waals surface area contributed by atoms with Crippen LogP contribution in [0.1, 0.15) is 25.8 Å². The predicted octanol–water partition coefficient (Wildman–Crippen LogP) is 2.66. The van der Waals surface area contributed by atoms with E-state index in [2.05, 4.69) is 24.1 Å². The number of ether oxygens (including phenoxy) is 1. The molecule has 3 nitrogen and oxygen atoms in total. The molecule has 0 bridgehead atoms. The fraction of sp³-hybridized carbons (Fsp3) is 0.600. The van der Waals surface area contributed by atoms with Gasteiger partial charge in [-0.2, -0.15) is 0 Å². The highest BCUT2D eigenvalue weighted by molar-refractivity contribution is 5.34. The summed E-state index contributed by atoms with van der Waals surface area (Å²) in [4.78, 5) is 2.38. The zero-order valence-electron chi connectivity index (χ0n) is 12.2. The van der Waals surface area contributed by atoms with E-state index in [1.807, 2.05) is 0 Å². The second kappa shape index (κ2) is 8.88.